The van der Waals surface area contributed by atoms with Gasteiger partial charge in [0.2, 0.25) is 5.91 Å². The van der Waals surface area contributed by atoms with Crippen molar-refractivity contribution in [1.29, 1.82) is 0 Å². The number of halogens is 1. The zero-order valence-electron chi connectivity index (χ0n) is 17.6. The van der Waals surface area contributed by atoms with E-state index in [1.54, 1.807) is 11.7 Å². The second-order valence-corrected chi connectivity index (χ2v) is 8.22. The van der Waals surface area contributed by atoms with Crippen LogP contribution in [0.1, 0.15) is 22.5 Å². The molecule has 1 aliphatic heterocycles. The number of aryl methyl sites for hydroxylation is 2. The number of hydrazone groups is 1. The quantitative estimate of drug-likeness (QED) is 0.438. The minimum Gasteiger partial charge on any atom is -0.301 e. The van der Waals surface area contributed by atoms with Crippen LogP contribution in [0.2, 0.25) is 0 Å². The van der Waals surface area contributed by atoms with Crippen molar-refractivity contribution < 1.29 is 9.59 Å². The molecule has 2 heterocycles. The Labute approximate surface area is 193 Å². The summed E-state index contributed by atoms with van der Waals surface area (Å²) < 4.78 is 2.52. The largest absolute Gasteiger partial charge is 0.301 e. The number of nitrogens with zero attached hydrogens (tertiary/aromatic N) is 5. The van der Waals surface area contributed by atoms with Crippen LogP contribution < -0.4 is 10.3 Å². The SMILES string of the molecule is Cc1cc(/C=N/NC(=O)CN2C(=O)CN=C(c3ccccc3)c3cc(Br)ccc32)n(C)n1. The van der Waals surface area contributed by atoms with Gasteiger partial charge in [0, 0.05) is 22.6 Å². The van der Waals surface area contributed by atoms with E-state index < -0.39 is 5.91 Å². The maximum absolute atomic E-state index is 12.9. The fourth-order valence-corrected chi connectivity index (χ4v) is 3.86. The molecule has 9 heteroatoms. The Hall–Kier alpha value is -3.59. The maximum atomic E-state index is 12.9. The van der Waals surface area contributed by atoms with Crippen LogP contribution in [-0.4, -0.2) is 46.6 Å². The first-order chi connectivity index (χ1) is 15.4. The van der Waals surface area contributed by atoms with Gasteiger partial charge in [0.15, 0.2) is 0 Å². The van der Waals surface area contributed by atoms with Gasteiger partial charge in [-0.3, -0.25) is 19.3 Å². The van der Waals surface area contributed by atoms with Crippen molar-refractivity contribution in [2.75, 3.05) is 18.0 Å². The molecule has 8 nitrogen and oxygen atoms in total. The molecule has 0 atom stereocenters. The summed E-state index contributed by atoms with van der Waals surface area (Å²) in [5.74, 6) is -0.675. The molecular weight excluding hydrogens is 472 g/mol. The molecule has 0 fully saturated rings. The van der Waals surface area contributed by atoms with Crippen LogP contribution in [0.3, 0.4) is 0 Å². The number of benzodiazepines with no additional fused rings is 1. The molecule has 1 aliphatic rings. The van der Waals surface area contributed by atoms with Gasteiger partial charge in [-0.2, -0.15) is 10.2 Å². The number of aromatic nitrogens is 2. The maximum Gasteiger partial charge on any atom is 0.260 e. The van der Waals surface area contributed by atoms with Gasteiger partial charge >= 0.3 is 0 Å². The monoisotopic (exact) mass is 492 g/mol. The third-order valence-electron chi connectivity index (χ3n) is 4.95. The van der Waals surface area contributed by atoms with Crippen LogP contribution in [0.4, 0.5) is 5.69 Å². The predicted octanol–water partition coefficient (Wildman–Crippen LogP) is 2.83. The topological polar surface area (TPSA) is 92.0 Å². The Morgan fingerprint density at radius 2 is 2.00 bits per heavy atom. The second kappa shape index (κ2) is 9.27. The number of anilines is 1. The normalized spacial score (nSPS) is 13.7. The van der Waals surface area contributed by atoms with Crippen molar-refractivity contribution >= 4 is 45.4 Å². The minimum atomic E-state index is -0.412. The van der Waals surface area contributed by atoms with E-state index in [9.17, 15) is 9.59 Å². The van der Waals surface area contributed by atoms with Gasteiger partial charge in [-0.15, -0.1) is 0 Å². The van der Waals surface area contributed by atoms with Gasteiger partial charge in [0.1, 0.15) is 13.1 Å². The molecule has 0 bridgehead atoms. The Morgan fingerprint density at radius 1 is 1.22 bits per heavy atom. The molecule has 0 unspecified atom stereocenters. The minimum absolute atomic E-state index is 0.0542. The number of nitrogens with one attached hydrogen (secondary N) is 1. The molecule has 1 aromatic heterocycles. The van der Waals surface area contributed by atoms with Gasteiger partial charge in [0.25, 0.3) is 5.91 Å². The number of rotatable bonds is 5. The van der Waals surface area contributed by atoms with Crippen LogP contribution >= 0.6 is 15.9 Å². The number of hydrogen-bond donors (Lipinski definition) is 1. The van der Waals surface area contributed by atoms with E-state index in [2.05, 4.69) is 36.5 Å². The zero-order chi connectivity index (χ0) is 22.7. The molecule has 1 N–H and O–H groups in total. The van der Waals surface area contributed by atoms with E-state index >= 15 is 0 Å². The van der Waals surface area contributed by atoms with Crippen LogP contribution in [0, 0.1) is 6.92 Å². The van der Waals surface area contributed by atoms with Crippen molar-refractivity contribution in [2.24, 2.45) is 17.1 Å². The van der Waals surface area contributed by atoms with E-state index in [1.807, 2.05) is 61.5 Å². The van der Waals surface area contributed by atoms with Crippen LogP contribution in [-0.2, 0) is 16.6 Å². The van der Waals surface area contributed by atoms with Crippen LogP contribution in [0.5, 0.6) is 0 Å². The molecule has 162 valence electrons. The Bertz CT molecular complexity index is 1230. The highest BCUT2D eigenvalue weighted by molar-refractivity contribution is 9.10. The van der Waals surface area contributed by atoms with Gasteiger partial charge in [0.05, 0.1) is 29.0 Å². The first-order valence-electron chi connectivity index (χ1n) is 9.95. The first-order valence-corrected chi connectivity index (χ1v) is 10.7. The van der Waals surface area contributed by atoms with Crippen molar-refractivity contribution in [3.05, 3.63) is 81.6 Å². The van der Waals surface area contributed by atoms with Crippen molar-refractivity contribution in [3.8, 4) is 0 Å². The average molecular weight is 493 g/mol. The standard InChI is InChI=1S/C23H21BrN6O2/c1-15-10-18(29(2)28-15)12-26-27-21(31)14-30-20-9-8-17(24)11-19(20)23(25-13-22(30)32)16-6-4-3-5-7-16/h3-12H,13-14H2,1-2H3,(H,27,31)/b26-12+. The number of carbonyl (C=O) groups is 2. The summed E-state index contributed by atoms with van der Waals surface area (Å²) in [6.45, 7) is 1.65. The first kappa shape index (κ1) is 21.6. The highest BCUT2D eigenvalue weighted by Gasteiger charge is 2.27. The van der Waals surface area contributed by atoms with E-state index in [0.717, 1.165) is 27.0 Å². The highest BCUT2D eigenvalue weighted by Crippen LogP contribution is 2.29. The summed E-state index contributed by atoms with van der Waals surface area (Å²) in [7, 11) is 1.80. The summed E-state index contributed by atoms with van der Waals surface area (Å²) in [5.41, 5.74) is 7.11. The van der Waals surface area contributed by atoms with E-state index in [0.29, 0.717) is 11.4 Å². The third kappa shape index (κ3) is 4.67. The van der Waals surface area contributed by atoms with E-state index in [4.69, 9.17) is 0 Å². The molecular formula is C23H21BrN6O2. The Morgan fingerprint density at radius 3 is 2.72 bits per heavy atom. The Kier molecular flexibility index (Phi) is 6.27. The van der Waals surface area contributed by atoms with Gasteiger partial charge in [-0.25, -0.2) is 5.43 Å². The molecule has 4 rings (SSSR count). The average Bonchev–Trinajstić information content (AvgIpc) is 3.03. The number of fused-ring (bicyclic) bond motifs is 1. The van der Waals surface area contributed by atoms with Gasteiger partial charge < -0.3 is 4.90 Å². The fourth-order valence-electron chi connectivity index (χ4n) is 3.50. The second-order valence-electron chi connectivity index (χ2n) is 7.30. The molecule has 0 aliphatic carbocycles. The predicted molar refractivity (Wildman–Crippen MR) is 127 cm³/mol. The summed E-state index contributed by atoms with van der Waals surface area (Å²) in [5, 5.41) is 8.23. The summed E-state index contributed by atoms with van der Waals surface area (Å²) in [6.07, 6.45) is 1.52. The molecule has 0 spiro atoms. The molecule has 0 saturated carbocycles. The number of amides is 2. The van der Waals surface area contributed by atoms with E-state index in [-0.39, 0.29) is 19.0 Å². The summed E-state index contributed by atoms with van der Waals surface area (Å²) in [4.78, 5) is 31.5. The summed E-state index contributed by atoms with van der Waals surface area (Å²) >= 11 is 3.50. The van der Waals surface area contributed by atoms with Crippen molar-refractivity contribution in [1.82, 2.24) is 15.2 Å². The lowest BCUT2D eigenvalue weighted by atomic mass is 10.0. The highest BCUT2D eigenvalue weighted by atomic mass is 79.9. The van der Waals surface area contributed by atoms with Crippen LogP contribution in [0.25, 0.3) is 0 Å². The lowest BCUT2D eigenvalue weighted by Gasteiger charge is -2.22. The Balaban J connectivity index is 1.58. The van der Waals surface area contributed by atoms with Crippen molar-refractivity contribution in [2.45, 2.75) is 6.92 Å². The number of benzene rings is 2. The zero-order valence-corrected chi connectivity index (χ0v) is 19.2. The molecule has 0 saturated heterocycles. The van der Waals surface area contributed by atoms with E-state index in [1.165, 1.54) is 11.1 Å². The van der Waals surface area contributed by atoms with Crippen LogP contribution in [0.15, 0.2) is 69.2 Å². The van der Waals surface area contributed by atoms with Gasteiger partial charge in [-0.1, -0.05) is 46.3 Å². The smallest absolute Gasteiger partial charge is 0.260 e. The summed E-state index contributed by atoms with van der Waals surface area (Å²) in [6, 6.07) is 17.1. The number of aliphatic imine (C=N–C) groups is 1. The lowest BCUT2D eigenvalue weighted by molar-refractivity contribution is -0.123. The third-order valence-corrected chi connectivity index (χ3v) is 5.44. The molecule has 0 radical (unpaired) electrons. The lowest BCUT2D eigenvalue weighted by Crippen LogP contribution is -2.40. The molecule has 32 heavy (non-hydrogen) atoms. The molecule has 3 aromatic rings. The number of hydrogen-bond acceptors (Lipinski definition) is 5. The van der Waals surface area contributed by atoms with Crippen molar-refractivity contribution in [3.63, 3.8) is 0 Å². The number of carbonyl (C=O) groups excluding carboxylic acids is 2. The molecule has 2 amide bonds. The molecule has 2 aromatic carbocycles. The fraction of sp³-hybridized carbons (Fsp3) is 0.174. The van der Waals surface area contributed by atoms with Gasteiger partial charge in [-0.05, 0) is 31.2 Å².